The van der Waals surface area contributed by atoms with E-state index in [0.717, 1.165) is 41.1 Å². The van der Waals surface area contributed by atoms with Crippen molar-refractivity contribution in [1.29, 1.82) is 0 Å². The van der Waals surface area contributed by atoms with Gasteiger partial charge >= 0.3 is 0 Å². The normalized spacial score (nSPS) is 13.6. The first kappa shape index (κ1) is 17.8. The van der Waals surface area contributed by atoms with Crippen molar-refractivity contribution in [2.24, 2.45) is 0 Å². The maximum absolute atomic E-state index is 13.4. The van der Waals surface area contributed by atoms with E-state index < -0.39 is 0 Å². The summed E-state index contributed by atoms with van der Waals surface area (Å²) in [6, 6.07) is 13.1. The van der Waals surface area contributed by atoms with Crippen LogP contribution in [-0.2, 0) is 6.54 Å². The van der Waals surface area contributed by atoms with Crippen LogP contribution in [0.1, 0.15) is 30.1 Å². The third kappa shape index (κ3) is 3.71. The van der Waals surface area contributed by atoms with E-state index in [4.69, 9.17) is 16.6 Å². The molecule has 144 valence electrons. The molecule has 1 aromatic carbocycles. The van der Waals surface area contributed by atoms with Crippen LogP contribution in [0.5, 0.6) is 0 Å². The minimum absolute atomic E-state index is 0.0290. The highest BCUT2D eigenvalue weighted by Crippen LogP contribution is 2.39. The zero-order chi connectivity index (χ0) is 19.8. The van der Waals surface area contributed by atoms with E-state index in [-0.39, 0.29) is 5.56 Å². The first-order valence-electron chi connectivity index (χ1n) is 9.49. The zero-order valence-corrected chi connectivity index (χ0v) is 16.3. The molecule has 0 atom stereocenters. The molecule has 0 unspecified atom stereocenters. The predicted octanol–water partition coefficient (Wildman–Crippen LogP) is 4.51. The molecule has 0 amide bonds. The largest absolute Gasteiger partial charge is 0.354 e. The number of halogens is 1. The van der Waals surface area contributed by atoms with Crippen molar-refractivity contribution < 1.29 is 0 Å². The number of aromatic nitrogens is 4. The highest BCUT2D eigenvalue weighted by molar-refractivity contribution is 6.29. The van der Waals surface area contributed by atoms with Crippen molar-refractivity contribution >= 4 is 33.9 Å². The average Bonchev–Trinajstić information content (AvgIpc) is 3.58. The van der Waals surface area contributed by atoms with Gasteiger partial charge in [-0.25, -0.2) is 9.97 Å². The summed E-state index contributed by atoms with van der Waals surface area (Å²) >= 11 is 5.85. The fourth-order valence-corrected chi connectivity index (χ4v) is 3.52. The zero-order valence-electron chi connectivity index (χ0n) is 15.5. The number of nitrogens with one attached hydrogen (secondary N) is 1. The van der Waals surface area contributed by atoms with Crippen LogP contribution in [0.3, 0.4) is 0 Å². The Bertz CT molecular complexity index is 1230. The van der Waals surface area contributed by atoms with E-state index in [0.29, 0.717) is 23.0 Å². The van der Waals surface area contributed by atoms with E-state index in [9.17, 15) is 4.79 Å². The van der Waals surface area contributed by atoms with Crippen LogP contribution in [-0.4, -0.2) is 19.5 Å². The van der Waals surface area contributed by atoms with Crippen LogP contribution in [0, 0.1) is 0 Å². The molecular weight excluding hydrogens is 386 g/mol. The molecule has 1 saturated carbocycles. The second-order valence-corrected chi connectivity index (χ2v) is 7.61. The van der Waals surface area contributed by atoms with Crippen molar-refractivity contribution in [3.63, 3.8) is 0 Å². The van der Waals surface area contributed by atoms with Crippen molar-refractivity contribution in [2.45, 2.75) is 25.3 Å². The Balaban J connectivity index is 1.57. The number of pyridine rings is 2. The quantitative estimate of drug-likeness (QED) is 0.496. The lowest BCUT2D eigenvalue weighted by molar-refractivity contribution is 0.679. The molecule has 3 aromatic heterocycles. The second kappa shape index (κ2) is 7.29. The third-order valence-corrected chi connectivity index (χ3v) is 5.23. The smallest absolute Gasteiger partial charge is 0.261 e. The molecule has 0 bridgehead atoms. The summed E-state index contributed by atoms with van der Waals surface area (Å²) in [7, 11) is 0. The molecule has 1 fully saturated rings. The van der Waals surface area contributed by atoms with Crippen molar-refractivity contribution in [3.05, 3.63) is 87.9 Å². The Labute approximate surface area is 172 Å². The summed E-state index contributed by atoms with van der Waals surface area (Å²) < 4.78 is 1.80. The highest BCUT2D eigenvalue weighted by atomic mass is 35.5. The Hall–Kier alpha value is -3.25. The molecule has 4 aromatic rings. The fraction of sp³-hybridized carbons (Fsp3) is 0.182. The molecule has 0 spiro atoms. The van der Waals surface area contributed by atoms with Crippen molar-refractivity contribution in [2.75, 3.05) is 5.32 Å². The topological polar surface area (TPSA) is 72.7 Å². The van der Waals surface area contributed by atoms with Gasteiger partial charge in [0.05, 0.1) is 29.3 Å². The summed E-state index contributed by atoms with van der Waals surface area (Å²) in [6.45, 7) is 0.472. The van der Waals surface area contributed by atoms with E-state index in [1.54, 1.807) is 29.2 Å². The summed E-state index contributed by atoms with van der Waals surface area (Å²) in [6.07, 6.45) is 7.33. The van der Waals surface area contributed by atoms with Gasteiger partial charge in [0.1, 0.15) is 11.0 Å². The minimum Gasteiger partial charge on any atom is -0.354 e. The van der Waals surface area contributed by atoms with Crippen LogP contribution in [0.2, 0.25) is 5.15 Å². The van der Waals surface area contributed by atoms with E-state index in [2.05, 4.69) is 15.3 Å². The van der Waals surface area contributed by atoms with Crippen LogP contribution in [0.25, 0.3) is 10.9 Å². The lowest BCUT2D eigenvalue weighted by Crippen LogP contribution is -2.25. The van der Waals surface area contributed by atoms with E-state index >= 15 is 0 Å². The summed E-state index contributed by atoms with van der Waals surface area (Å²) in [5, 5.41) is 4.28. The molecular formula is C22H18ClN5O. The number of nitrogens with zero attached hydrogens (tertiary/aromatic N) is 4. The Morgan fingerprint density at radius 3 is 2.69 bits per heavy atom. The maximum Gasteiger partial charge on any atom is 0.261 e. The van der Waals surface area contributed by atoms with Crippen molar-refractivity contribution in [3.8, 4) is 0 Å². The summed E-state index contributed by atoms with van der Waals surface area (Å²) in [4.78, 5) is 26.5. The molecule has 29 heavy (non-hydrogen) atoms. The van der Waals surface area contributed by atoms with Gasteiger partial charge in [-0.15, -0.1) is 0 Å². The van der Waals surface area contributed by atoms with Gasteiger partial charge < -0.3 is 5.32 Å². The summed E-state index contributed by atoms with van der Waals surface area (Å²) in [5.74, 6) is 1.23. The third-order valence-electron chi connectivity index (χ3n) is 5.01. The first-order chi connectivity index (χ1) is 14.2. The van der Waals surface area contributed by atoms with Crippen LogP contribution in [0.15, 0.2) is 65.8 Å². The van der Waals surface area contributed by atoms with Gasteiger partial charge in [-0.2, -0.15) is 0 Å². The molecule has 5 rings (SSSR count). The Morgan fingerprint density at radius 2 is 1.97 bits per heavy atom. The minimum atomic E-state index is -0.0290. The summed E-state index contributed by atoms with van der Waals surface area (Å²) in [5.41, 5.74) is 3.27. The van der Waals surface area contributed by atoms with Crippen LogP contribution in [0.4, 0.5) is 11.4 Å². The molecule has 1 aliphatic carbocycles. The number of anilines is 2. The molecule has 0 saturated heterocycles. The standard InChI is InChI=1S/C22H18ClN5O/c23-20-8-6-17(12-25-20)26-16-5-7-19-18(10-16)22(29)28(21(27-19)15-3-4-15)13-14-2-1-9-24-11-14/h1-2,5-12,15,26H,3-4,13H2. The number of rotatable bonds is 5. The van der Waals surface area contributed by atoms with E-state index in [1.807, 2.05) is 36.4 Å². The average molecular weight is 404 g/mol. The molecule has 6 nitrogen and oxygen atoms in total. The Morgan fingerprint density at radius 1 is 1.10 bits per heavy atom. The second-order valence-electron chi connectivity index (χ2n) is 7.22. The van der Waals surface area contributed by atoms with Gasteiger partial charge in [0.2, 0.25) is 0 Å². The fourth-order valence-electron chi connectivity index (χ4n) is 3.41. The van der Waals surface area contributed by atoms with Gasteiger partial charge in [0.15, 0.2) is 0 Å². The molecule has 7 heteroatoms. The molecule has 3 heterocycles. The van der Waals surface area contributed by atoms with Gasteiger partial charge in [-0.05, 0) is 54.8 Å². The molecule has 1 N–H and O–H groups in total. The van der Waals surface area contributed by atoms with Gasteiger partial charge in [0, 0.05) is 24.0 Å². The first-order valence-corrected chi connectivity index (χ1v) is 9.87. The maximum atomic E-state index is 13.4. The predicted molar refractivity (Wildman–Crippen MR) is 114 cm³/mol. The lowest BCUT2D eigenvalue weighted by atomic mass is 10.2. The van der Waals surface area contributed by atoms with Gasteiger partial charge in [-0.3, -0.25) is 14.3 Å². The monoisotopic (exact) mass is 403 g/mol. The lowest BCUT2D eigenvalue weighted by Gasteiger charge is -2.14. The highest BCUT2D eigenvalue weighted by Gasteiger charge is 2.29. The number of hydrogen-bond donors (Lipinski definition) is 1. The number of hydrogen-bond acceptors (Lipinski definition) is 5. The molecule has 0 radical (unpaired) electrons. The van der Waals surface area contributed by atoms with Crippen LogP contribution < -0.4 is 10.9 Å². The molecule has 0 aliphatic heterocycles. The van der Waals surface area contributed by atoms with Crippen LogP contribution >= 0.6 is 11.6 Å². The molecule has 1 aliphatic rings. The van der Waals surface area contributed by atoms with Gasteiger partial charge in [0.25, 0.3) is 5.56 Å². The number of benzene rings is 1. The van der Waals surface area contributed by atoms with Gasteiger partial charge in [-0.1, -0.05) is 17.7 Å². The number of fused-ring (bicyclic) bond motifs is 1. The SMILES string of the molecule is O=c1c2cc(Nc3ccc(Cl)nc3)ccc2nc(C2CC2)n1Cc1cccnc1. The Kier molecular flexibility index (Phi) is 4.48. The van der Waals surface area contributed by atoms with Crippen molar-refractivity contribution in [1.82, 2.24) is 19.5 Å². The van der Waals surface area contributed by atoms with E-state index in [1.165, 1.54) is 0 Å².